The molecule has 0 heterocycles. The summed E-state index contributed by atoms with van der Waals surface area (Å²) in [6, 6.07) is 0. The van der Waals surface area contributed by atoms with E-state index in [2.05, 4.69) is 13.8 Å². The number of carboxylic acids is 1. The van der Waals surface area contributed by atoms with Gasteiger partial charge in [-0.25, -0.2) is 4.79 Å². The van der Waals surface area contributed by atoms with Gasteiger partial charge in [-0.05, 0) is 37.5 Å². The third-order valence-corrected chi connectivity index (χ3v) is 2.52. The Morgan fingerprint density at radius 2 is 2.14 bits per heavy atom. The number of rotatable bonds is 7. The molecule has 1 aliphatic rings. The average Bonchev–Trinajstić information content (AvgIpc) is 2.86. The Balaban J connectivity index is 2.11. The van der Waals surface area contributed by atoms with Crippen LogP contribution in [0.3, 0.4) is 0 Å². The van der Waals surface area contributed by atoms with Crippen LogP contribution in [-0.4, -0.2) is 23.8 Å². The first-order chi connectivity index (χ1) is 6.61. The lowest BCUT2D eigenvalue weighted by Gasteiger charge is -2.12. The van der Waals surface area contributed by atoms with E-state index in [0.29, 0.717) is 12.5 Å². The largest absolute Gasteiger partial charge is 0.479 e. The third-order valence-electron chi connectivity index (χ3n) is 2.52. The molecule has 0 amide bonds. The molecule has 14 heavy (non-hydrogen) atoms. The number of hydrogen-bond donors (Lipinski definition) is 1. The third kappa shape index (κ3) is 4.09. The van der Waals surface area contributed by atoms with Crippen molar-refractivity contribution in [1.29, 1.82) is 0 Å². The quantitative estimate of drug-likeness (QED) is 0.641. The lowest BCUT2D eigenvalue weighted by atomic mass is 10.1. The minimum Gasteiger partial charge on any atom is -0.479 e. The normalized spacial score (nSPS) is 18.5. The first kappa shape index (κ1) is 11.5. The number of aliphatic carboxylic acids is 1. The molecule has 1 unspecified atom stereocenters. The summed E-state index contributed by atoms with van der Waals surface area (Å²) in [5.74, 6) is 0.159. The maximum absolute atomic E-state index is 10.8. The van der Waals surface area contributed by atoms with Crippen LogP contribution >= 0.6 is 0 Å². The molecular weight excluding hydrogens is 180 g/mol. The smallest absolute Gasteiger partial charge is 0.333 e. The standard InChI is InChI=1S/C11H20O3/c1-8(2)4-3-7-14-10(11(12)13)9-5-6-9/h8-10H,3-7H2,1-2H3,(H,12,13). The van der Waals surface area contributed by atoms with Crippen LogP contribution in [0.4, 0.5) is 0 Å². The molecule has 1 fully saturated rings. The van der Waals surface area contributed by atoms with E-state index in [9.17, 15) is 4.79 Å². The van der Waals surface area contributed by atoms with Crippen LogP contribution in [0.5, 0.6) is 0 Å². The lowest BCUT2D eigenvalue weighted by molar-refractivity contribution is -0.152. The first-order valence-electron chi connectivity index (χ1n) is 5.45. The van der Waals surface area contributed by atoms with Crippen LogP contribution in [0.1, 0.15) is 39.5 Å². The summed E-state index contributed by atoms with van der Waals surface area (Å²) >= 11 is 0. The Morgan fingerprint density at radius 3 is 2.57 bits per heavy atom. The molecule has 1 rings (SSSR count). The number of carbonyl (C=O) groups is 1. The molecule has 3 nitrogen and oxygen atoms in total. The van der Waals surface area contributed by atoms with Crippen molar-refractivity contribution in [2.24, 2.45) is 11.8 Å². The summed E-state index contributed by atoms with van der Waals surface area (Å²) in [7, 11) is 0. The van der Waals surface area contributed by atoms with Gasteiger partial charge in [0.2, 0.25) is 0 Å². The highest BCUT2D eigenvalue weighted by Crippen LogP contribution is 2.34. The molecule has 0 aromatic heterocycles. The molecule has 1 N–H and O–H groups in total. The Labute approximate surface area is 85.5 Å². The van der Waals surface area contributed by atoms with Gasteiger partial charge in [0.15, 0.2) is 6.10 Å². The minimum atomic E-state index is -0.794. The number of carboxylic acid groups (broad SMARTS) is 1. The molecular formula is C11H20O3. The van der Waals surface area contributed by atoms with Gasteiger partial charge in [0.1, 0.15) is 0 Å². The Kier molecular flexibility index (Phi) is 4.39. The molecule has 0 radical (unpaired) electrons. The van der Waals surface area contributed by atoms with Gasteiger partial charge in [0.05, 0.1) is 0 Å². The zero-order valence-corrected chi connectivity index (χ0v) is 9.03. The average molecular weight is 200 g/mol. The molecule has 0 aromatic rings. The van der Waals surface area contributed by atoms with E-state index in [1.54, 1.807) is 0 Å². The molecule has 3 heteroatoms. The van der Waals surface area contributed by atoms with Crippen LogP contribution in [0.25, 0.3) is 0 Å². The van der Waals surface area contributed by atoms with Gasteiger partial charge in [0.25, 0.3) is 0 Å². The number of ether oxygens (including phenoxy) is 1. The van der Waals surface area contributed by atoms with Gasteiger partial charge >= 0.3 is 5.97 Å². The van der Waals surface area contributed by atoms with Crippen molar-refractivity contribution in [2.75, 3.05) is 6.61 Å². The van der Waals surface area contributed by atoms with Crippen LogP contribution < -0.4 is 0 Å². The van der Waals surface area contributed by atoms with Crippen molar-refractivity contribution >= 4 is 5.97 Å². The lowest BCUT2D eigenvalue weighted by Crippen LogP contribution is -2.26. The second-order valence-electron chi connectivity index (χ2n) is 4.50. The highest BCUT2D eigenvalue weighted by Gasteiger charge is 2.36. The minimum absolute atomic E-state index is 0.284. The molecule has 0 spiro atoms. The fourth-order valence-electron chi connectivity index (χ4n) is 1.51. The zero-order valence-electron chi connectivity index (χ0n) is 9.03. The van der Waals surface area contributed by atoms with Crippen molar-refractivity contribution in [3.63, 3.8) is 0 Å². The Bertz CT molecular complexity index is 185. The summed E-state index contributed by atoms with van der Waals surface area (Å²) in [6.45, 7) is 4.91. The summed E-state index contributed by atoms with van der Waals surface area (Å²) in [5.41, 5.74) is 0. The SMILES string of the molecule is CC(C)CCCOC(C(=O)O)C1CC1. The van der Waals surface area contributed by atoms with Gasteiger partial charge in [-0.2, -0.15) is 0 Å². The topological polar surface area (TPSA) is 46.5 Å². The first-order valence-corrected chi connectivity index (χ1v) is 5.45. The zero-order chi connectivity index (χ0) is 10.6. The number of hydrogen-bond acceptors (Lipinski definition) is 2. The highest BCUT2D eigenvalue weighted by molar-refractivity contribution is 5.73. The molecule has 1 saturated carbocycles. The van der Waals surface area contributed by atoms with Crippen molar-refractivity contribution in [3.8, 4) is 0 Å². The Morgan fingerprint density at radius 1 is 1.50 bits per heavy atom. The maximum atomic E-state index is 10.8. The fraction of sp³-hybridized carbons (Fsp3) is 0.909. The summed E-state index contributed by atoms with van der Waals surface area (Å²) in [6.07, 6.45) is 3.56. The predicted octanol–water partition coefficient (Wildman–Crippen LogP) is 2.30. The highest BCUT2D eigenvalue weighted by atomic mass is 16.5. The monoisotopic (exact) mass is 200 g/mol. The summed E-state index contributed by atoms with van der Waals surface area (Å²) in [5, 5.41) is 8.87. The molecule has 0 aliphatic heterocycles. The molecule has 0 saturated heterocycles. The van der Waals surface area contributed by atoms with E-state index in [0.717, 1.165) is 25.7 Å². The van der Waals surface area contributed by atoms with E-state index < -0.39 is 12.1 Å². The molecule has 1 aliphatic carbocycles. The van der Waals surface area contributed by atoms with Crippen molar-refractivity contribution < 1.29 is 14.6 Å². The second-order valence-corrected chi connectivity index (χ2v) is 4.50. The molecule has 1 atom stereocenters. The predicted molar refractivity (Wildman–Crippen MR) is 54.2 cm³/mol. The molecule has 0 bridgehead atoms. The van der Waals surface area contributed by atoms with E-state index >= 15 is 0 Å². The van der Waals surface area contributed by atoms with E-state index in [-0.39, 0.29) is 5.92 Å². The van der Waals surface area contributed by atoms with Gasteiger partial charge in [-0.15, -0.1) is 0 Å². The summed E-state index contributed by atoms with van der Waals surface area (Å²) in [4.78, 5) is 10.8. The van der Waals surface area contributed by atoms with Gasteiger partial charge in [-0.1, -0.05) is 13.8 Å². The Hall–Kier alpha value is -0.570. The maximum Gasteiger partial charge on any atom is 0.333 e. The fourth-order valence-corrected chi connectivity index (χ4v) is 1.51. The van der Waals surface area contributed by atoms with Gasteiger partial charge in [-0.3, -0.25) is 0 Å². The van der Waals surface area contributed by atoms with Crippen LogP contribution in [0.15, 0.2) is 0 Å². The second kappa shape index (κ2) is 5.35. The summed E-state index contributed by atoms with van der Waals surface area (Å²) < 4.78 is 5.38. The van der Waals surface area contributed by atoms with Gasteiger partial charge in [0, 0.05) is 6.61 Å². The van der Waals surface area contributed by atoms with Gasteiger partial charge < -0.3 is 9.84 Å². The van der Waals surface area contributed by atoms with Crippen molar-refractivity contribution in [2.45, 2.75) is 45.6 Å². The van der Waals surface area contributed by atoms with Crippen molar-refractivity contribution in [3.05, 3.63) is 0 Å². The van der Waals surface area contributed by atoms with Crippen LogP contribution in [-0.2, 0) is 9.53 Å². The van der Waals surface area contributed by atoms with E-state index in [1.165, 1.54) is 0 Å². The van der Waals surface area contributed by atoms with E-state index in [1.807, 2.05) is 0 Å². The molecule has 82 valence electrons. The van der Waals surface area contributed by atoms with Crippen LogP contribution in [0, 0.1) is 11.8 Å². The molecule has 0 aromatic carbocycles. The van der Waals surface area contributed by atoms with E-state index in [4.69, 9.17) is 9.84 Å². The van der Waals surface area contributed by atoms with Crippen molar-refractivity contribution in [1.82, 2.24) is 0 Å². The van der Waals surface area contributed by atoms with Crippen LogP contribution in [0.2, 0.25) is 0 Å².